The van der Waals surface area contributed by atoms with Gasteiger partial charge >= 0.3 is 0 Å². The van der Waals surface area contributed by atoms with Gasteiger partial charge in [0, 0.05) is 16.8 Å². The Morgan fingerprint density at radius 1 is 1.53 bits per heavy atom. The molecule has 5 heteroatoms. The molecule has 0 N–H and O–H groups in total. The van der Waals surface area contributed by atoms with Gasteiger partial charge in [0.25, 0.3) is 5.69 Å². The van der Waals surface area contributed by atoms with E-state index < -0.39 is 16.2 Å². The molecule has 0 saturated heterocycles. The summed E-state index contributed by atoms with van der Waals surface area (Å²) in [5, 5.41) is 11.2. The minimum absolute atomic E-state index is 0.145. The van der Waals surface area contributed by atoms with Crippen molar-refractivity contribution in [2.24, 2.45) is 0 Å². The van der Waals surface area contributed by atoms with Crippen LogP contribution in [0.15, 0.2) is 18.2 Å². The lowest BCUT2D eigenvalue weighted by atomic mass is 9.85. The van der Waals surface area contributed by atoms with Crippen LogP contribution in [0.25, 0.3) is 0 Å². The second-order valence-corrected chi connectivity index (χ2v) is 4.47. The van der Waals surface area contributed by atoms with Crippen molar-refractivity contribution in [3.63, 3.8) is 0 Å². The summed E-state index contributed by atoms with van der Waals surface area (Å²) in [7, 11) is 0. The van der Waals surface area contributed by atoms with Crippen LogP contribution in [0.3, 0.4) is 0 Å². The summed E-state index contributed by atoms with van der Waals surface area (Å²) in [4.78, 5) is 10.2. The first kappa shape index (κ1) is 12.1. The average Bonchev–Trinajstić information content (AvgIpc) is 2.17. The fraction of sp³-hybridized carbons (Fsp3) is 0.400. The third kappa shape index (κ3) is 2.34. The quantitative estimate of drug-likeness (QED) is 0.482. The second kappa shape index (κ2) is 4.26. The maximum atomic E-state index is 13.6. The van der Waals surface area contributed by atoms with E-state index in [0.717, 1.165) is 0 Å². The summed E-state index contributed by atoms with van der Waals surface area (Å²) < 4.78 is 13.6. The van der Waals surface area contributed by atoms with Gasteiger partial charge in [-0.1, -0.05) is 35.8 Å². The Kier molecular flexibility index (Phi) is 3.44. The lowest BCUT2D eigenvalue weighted by Crippen LogP contribution is -2.22. The number of nitrogens with zero attached hydrogens (tertiary/aromatic N) is 1. The molecular formula is C10H11BrFNO2. The van der Waals surface area contributed by atoms with Gasteiger partial charge < -0.3 is 0 Å². The van der Waals surface area contributed by atoms with E-state index in [4.69, 9.17) is 0 Å². The second-order valence-electron chi connectivity index (χ2n) is 3.91. The van der Waals surface area contributed by atoms with Crippen molar-refractivity contribution < 1.29 is 9.31 Å². The van der Waals surface area contributed by atoms with Crippen molar-refractivity contribution in [3.05, 3.63) is 39.7 Å². The van der Waals surface area contributed by atoms with Gasteiger partial charge in [0.2, 0.25) is 0 Å². The lowest BCUT2D eigenvalue weighted by Gasteiger charge is -2.22. The van der Waals surface area contributed by atoms with Gasteiger partial charge in [0.15, 0.2) is 0 Å². The SMILES string of the molecule is CC(C)(CBr)c1c(F)cccc1[N+](=O)[O-]. The summed E-state index contributed by atoms with van der Waals surface area (Å²) in [5.74, 6) is -0.534. The third-order valence-corrected chi connectivity index (χ3v) is 3.60. The van der Waals surface area contributed by atoms with Gasteiger partial charge in [-0.25, -0.2) is 4.39 Å². The van der Waals surface area contributed by atoms with Gasteiger partial charge in [0.1, 0.15) is 5.82 Å². The number of hydrogen-bond donors (Lipinski definition) is 0. The van der Waals surface area contributed by atoms with Crippen LogP contribution in [-0.4, -0.2) is 10.3 Å². The molecule has 3 nitrogen and oxygen atoms in total. The van der Waals surface area contributed by atoms with Gasteiger partial charge in [-0.15, -0.1) is 0 Å². The predicted molar refractivity (Wildman–Crippen MR) is 59.9 cm³/mol. The molecule has 0 unspecified atom stereocenters. The van der Waals surface area contributed by atoms with Crippen LogP contribution in [0.5, 0.6) is 0 Å². The molecule has 0 heterocycles. The number of hydrogen-bond acceptors (Lipinski definition) is 2. The van der Waals surface area contributed by atoms with E-state index in [1.165, 1.54) is 18.2 Å². The fourth-order valence-electron chi connectivity index (χ4n) is 1.40. The van der Waals surface area contributed by atoms with E-state index in [1.807, 2.05) is 0 Å². The van der Waals surface area contributed by atoms with Crippen molar-refractivity contribution in [3.8, 4) is 0 Å². The van der Waals surface area contributed by atoms with E-state index in [0.29, 0.717) is 5.33 Å². The van der Waals surface area contributed by atoms with E-state index in [-0.39, 0.29) is 11.3 Å². The minimum Gasteiger partial charge on any atom is -0.258 e. The molecule has 0 atom stereocenters. The zero-order valence-electron chi connectivity index (χ0n) is 8.46. The highest BCUT2D eigenvalue weighted by Crippen LogP contribution is 2.34. The zero-order chi connectivity index (χ0) is 11.6. The molecule has 0 saturated carbocycles. The maximum absolute atomic E-state index is 13.6. The molecule has 0 fully saturated rings. The summed E-state index contributed by atoms with van der Waals surface area (Å²) in [6, 6.07) is 3.91. The number of nitro benzene ring substituents is 1. The topological polar surface area (TPSA) is 43.1 Å². The highest BCUT2D eigenvalue weighted by molar-refractivity contribution is 9.09. The van der Waals surface area contributed by atoms with Crippen molar-refractivity contribution in [1.29, 1.82) is 0 Å². The summed E-state index contributed by atoms with van der Waals surface area (Å²) in [6.45, 7) is 3.51. The number of nitro groups is 1. The van der Waals surface area contributed by atoms with Gasteiger partial charge in [-0.05, 0) is 6.07 Å². The molecule has 1 rings (SSSR count). The molecule has 1 aromatic carbocycles. The van der Waals surface area contributed by atoms with Crippen LogP contribution in [0.2, 0.25) is 0 Å². The molecule has 0 amide bonds. The maximum Gasteiger partial charge on any atom is 0.276 e. The minimum atomic E-state index is -0.603. The summed E-state index contributed by atoms with van der Waals surface area (Å²) in [6.07, 6.45) is 0. The molecule has 0 spiro atoms. The Morgan fingerprint density at radius 2 is 2.13 bits per heavy atom. The van der Waals surface area contributed by atoms with Crippen LogP contribution in [-0.2, 0) is 5.41 Å². The van der Waals surface area contributed by atoms with Crippen LogP contribution >= 0.6 is 15.9 Å². The van der Waals surface area contributed by atoms with Crippen molar-refractivity contribution in [2.75, 3.05) is 5.33 Å². The summed E-state index contributed by atoms with van der Waals surface area (Å²) in [5.41, 5.74) is -0.625. The molecule has 15 heavy (non-hydrogen) atoms. The Hall–Kier alpha value is -0.970. The molecule has 0 aliphatic heterocycles. The Bertz CT molecular complexity index is 393. The molecule has 0 aliphatic rings. The molecule has 0 aliphatic carbocycles. The van der Waals surface area contributed by atoms with E-state index in [1.54, 1.807) is 13.8 Å². The van der Waals surface area contributed by atoms with Crippen LogP contribution < -0.4 is 0 Å². The van der Waals surface area contributed by atoms with Crippen molar-refractivity contribution in [1.82, 2.24) is 0 Å². The molecule has 0 aromatic heterocycles. The van der Waals surface area contributed by atoms with Crippen molar-refractivity contribution >= 4 is 21.6 Å². The monoisotopic (exact) mass is 275 g/mol. The van der Waals surface area contributed by atoms with E-state index in [9.17, 15) is 14.5 Å². The first-order chi connectivity index (χ1) is 6.90. The summed E-state index contributed by atoms with van der Waals surface area (Å²) >= 11 is 3.24. The number of rotatable bonds is 3. The first-order valence-electron chi connectivity index (χ1n) is 4.39. The normalized spacial score (nSPS) is 11.5. The Balaban J connectivity index is 3.44. The highest BCUT2D eigenvalue weighted by Gasteiger charge is 2.31. The Labute approximate surface area is 95.6 Å². The zero-order valence-corrected chi connectivity index (χ0v) is 10.0. The first-order valence-corrected chi connectivity index (χ1v) is 5.51. The number of halogens is 2. The van der Waals surface area contributed by atoms with Gasteiger partial charge in [-0.3, -0.25) is 10.1 Å². The van der Waals surface area contributed by atoms with Gasteiger partial charge in [-0.2, -0.15) is 0 Å². The lowest BCUT2D eigenvalue weighted by molar-refractivity contribution is -0.386. The fourth-order valence-corrected chi connectivity index (χ4v) is 1.68. The standard InChI is InChI=1S/C10H11BrFNO2/c1-10(2,6-11)9-7(12)4-3-5-8(9)13(14)15/h3-5H,6H2,1-2H3. The van der Waals surface area contributed by atoms with E-state index >= 15 is 0 Å². The Morgan fingerprint density at radius 3 is 2.60 bits per heavy atom. The van der Waals surface area contributed by atoms with Crippen LogP contribution in [0.1, 0.15) is 19.4 Å². The smallest absolute Gasteiger partial charge is 0.258 e. The third-order valence-electron chi connectivity index (χ3n) is 2.20. The van der Waals surface area contributed by atoms with Crippen LogP contribution in [0.4, 0.5) is 10.1 Å². The molecule has 1 aromatic rings. The molecule has 0 bridgehead atoms. The number of alkyl halides is 1. The predicted octanol–water partition coefficient (Wildman–Crippen LogP) is 3.41. The van der Waals surface area contributed by atoms with E-state index in [2.05, 4.69) is 15.9 Å². The molecule has 0 radical (unpaired) electrons. The van der Waals surface area contributed by atoms with Crippen molar-refractivity contribution in [2.45, 2.75) is 19.3 Å². The van der Waals surface area contributed by atoms with Crippen LogP contribution in [0, 0.1) is 15.9 Å². The number of benzene rings is 1. The average molecular weight is 276 g/mol. The largest absolute Gasteiger partial charge is 0.276 e. The molecular weight excluding hydrogens is 265 g/mol. The highest BCUT2D eigenvalue weighted by atomic mass is 79.9. The van der Waals surface area contributed by atoms with Gasteiger partial charge in [0.05, 0.1) is 10.5 Å². The molecule has 82 valence electrons.